The third kappa shape index (κ3) is 3.74. The zero-order valence-electron chi connectivity index (χ0n) is 11.3. The first-order valence-corrected chi connectivity index (χ1v) is 9.87. The van der Waals surface area contributed by atoms with E-state index in [0.717, 1.165) is 29.1 Å². The second-order valence-corrected chi connectivity index (χ2v) is 8.91. The van der Waals surface area contributed by atoms with Gasteiger partial charge in [0.15, 0.2) is 0 Å². The van der Waals surface area contributed by atoms with Gasteiger partial charge in [-0.2, -0.15) is 0 Å². The molecule has 0 unspecified atom stereocenters. The summed E-state index contributed by atoms with van der Waals surface area (Å²) in [4.78, 5) is 15.0. The molecule has 1 aliphatic rings. The number of thiophene rings is 1. The predicted molar refractivity (Wildman–Crippen MR) is 80.7 cm³/mol. The molecule has 7 heteroatoms. The highest BCUT2D eigenvalue weighted by Gasteiger charge is 2.25. The lowest BCUT2D eigenvalue weighted by Crippen LogP contribution is -2.39. The molecule has 0 saturated heterocycles. The molecule has 2 rings (SSSR count). The Morgan fingerprint density at radius 3 is 2.55 bits per heavy atom. The first-order chi connectivity index (χ1) is 9.41. The van der Waals surface area contributed by atoms with Crippen molar-refractivity contribution >= 4 is 37.0 Å². The molecule has 0 spiro atoms. The molecular weight excluding hydrogens is 318 g/mol. The van der Waals surface area contributed by atoms with Crippen molar-refractivity contribution in [1.29, 1.82) is 0 Å². The van der Waals surface area contributed by atoms with Crippen LogP contribution in [0.3, 0.4) is 0 Å². The van der Waals surface area contributed by atoms with Gasteiger partial charge >= 0.3 is 0 Å². The van der Waals surface area contributed by atoms with E-state index in [1.165, 1.54) is 18.9 Å². The fourth-order valence-electron chi connectivity index (χ4n) is 2.69. The fourth-order valence-corrected chi connectivity index (χ4v) is 4.80. The van der Waals surface area contributed by atoms with Gasteiger partial charge in [-0.25, -0.2) is 8.42 Å². The molecule has 1 aliphatic carbocycles. The maximum absolute atomic E-state index is 12.3. The minimum absolute atomic E-state index is 0.0692. The molecule has 4 nitrogen and oxygen atoms in total. The minimum atomic E-state index is -3.69. The summed E-state index contributed by atoms with van der Waals surface area (Å²) in [5.41, 5.74) is 0. The van der Waals surface area contributed by atoms with Crippen molar-refractivity contribution < 1.29 is 13.2 Å². The van der Waals surface area contributed by atoms with E-state index in [-0.39, 0.29) is 16.5 Å². The van der Waals surface area contributed by atoms with Crippen LogP contribution in [0.2, 0.25) is 0 Å². The first kappa shape index (κ1) is 15.8. The third-order valence-corrected chi connectivity index (χ3v) is 6.81. The SMILES string of the molecule is CCN(C(=O)Cc1ccc(S(=O)(=O)Cl)s1)C1CCCC1. The lowest BCUT2D eigenvalue weighted by Gasteiger charge is -2.27. The molecule has 1 saturated carbocycles. The van der Waals surface area contributed by atoms with Gasteiger partial charge in [0, 0.05) is 28.1 Å². The summed E-state index contributed by atoms with van der Waals surface area (Å²) in [6.07, 6.45) is 4.77. The van der Waals surface area contributed by atoms with Crippen LogP contribution in [0.1, 0.15) is 37.5 Å². The topological polar surface area (TPSA) is 54.5 Å². The first-order valence-electron chi connectivity index (χ1n) is 6.74. The molecule has 1 amide bonds. The fraction of sp³-hybridized carbons (Fsp3) is 0.615. The molecule has 0 aliphatic heterocycles. The van der Waals surface area contributed by atoms with Crippen LogP contribution in [-0.4, -0.2) is 31.8 Å². The number of hydrogen-bond donors (Lipinski definition) is 0. The number of hydrogen-bond acceptors (Lipinski definition) is 4. The van der Waals surface area contributed by atoms with Crippen molar-refractivity contribution in [3.63, 3.8) is 0 Å². The second-order valence-electron chi connectivity index (χ2n) is 4.95. The molecule has 0 aromatic carbocycles. The Morgan fingerprint density at radius 2 is 2.05 bits per heavy atom. The molecule has 0 bridgehead atoms. The number of carbonyl (C=O) groups excluding carboxylic acids is 1. The summed E-state index contributed by atoms with van der Waals surface area (Å²) in [6, 6.07) is 3.48. The van der Waals surface area contributed by atoms with Crippen molar-refractivity contribution in [3.05, 3.63) is 17.0 Å². The van der Waals surface area contributed by atoms with E-state index in [4.69, 9.17) is 10.7 Å². The second kappa shape index (κ2) is 6.45. The smallest absolute Gasteiger partial charge is 0.270 e. The van der Waals surface area contributed by atoms with E-state index in [2.05, 4.69) is 0 Å². The van der Waals surface area contributed by atoms with Crippen LogP contribution in [0.15, 0.2) is 16.3 Å². The maximum atomic E-state index is 12.3. The molecule has 1 fully saturated rings. The van der Waals surface area contributed by atoms with Crippen molar-refractivity contribution in [2.45, 2.75) is 49.3 Å². The Bertz CT molecular complexity index is 576. The average molecular weight is 336 g/mol. The van der Waals surface area contributed by atoms with Gasteiger partial charge in [0.25, 0.3) is 9.05 Å². The molecule has 112 valence electrons. The van der Waals surface area contributed by atoms with E-state index >= 15 is 0 Å². The highest BCUT2D eigenvalue weighted by Crippen LogP contribution is 2.27. The van der Waals surface area contributed by atoms with Crippen LogP contribution < -0.4 is 0 Å². The lowest BCUT2D eigenvalue weighted by atomic mass is 10.2. The van der Waals surface area contributed by atoms with Crippen molar-refractivity contribution in [2.24, 2.45) is 0 Å². The number of nitrogens with zero attached hydrogens (tertiary/aromatic N) is 1. The van der Waals surface area contributed by atoms with Gasteiger partial charge in [-0.05, 0) is 31.9 Å². The molecule has 20 heavy (non-hydrogen) atoms. The summed E-state index contributed by atoms with van der Waals surface area (Å²) in [5.74, 6) is 0.0692. The van der Waals surface area contributed by atoms with Crippen LogP contribution in [0.5, 0.6) is 0 Å². The van der Waals surface area contributed by atoms with E-state index in [1.807, 2.05) is 11.8 Å². The number of carbonyl (C=O) groups is 1. The summed E-state index contributed by atoms with van der Waals surface area (Å²) < 4.78 is 22.5. The van der Waals surface area contributed by atoms with Gasteiger partial charge < -0.3 is 4.90 Å². The zero-order valence-corrected chi connectivity index (χ0v) is 13.7. The van der Waals surface area contributed by atoms with Crippen LogP contribution in [0, 0.1) is 0 Å². The number of halogens is 1. The number of likely N-dealkylation sites (N-methyl/N-ethyl adjacent to an activating group) is 1. The predicted octanol–water partition coefficient (Wildman–Crippen LogP) is 3.01. The number of amides is 1. The van der Waals surface area contributed by atoms with Crippen LogP contribution >= 0.6 is 22.0 Å². The molecule has 0 N–H and O–H groups in total. The zero-order chi connectivity index (χ0) is 14.8. The van der Waals surface area contributed by atoms with Crippen LogP contribution in [0.25, 0.3) is 0 Å². The molecular formula is C13H18ClNO3S2. The summed E-state index contributed by atoms with van der Waals surface area (Å²) in [7, 11) is 1.60. The van der Waals surface area contributed by atoms with Crippen LogP contribution in [0.4, 0.5) is 0 Å². The normalized spacial score (nSPS) is 16.5. The molecule has 1 aromatic heterocycles. The van der Waals surface area contributed by atoms with Gasteiger partial charge in [0.05, 0.1) is 6.42 Å². The highest BCUT2D eigenvalue weighted by atomic mass is 35.7. The Kier molecular flexibility index (Phi) is 5.09. The summed E-state index contributed by atoms with van der Waals surface area (Å²) >= 11 is 1.07. The van der Waals surface area contributed by atoms with E-state index in [9.17, 15) is 13.2 Å². The third-order valence-electron chi connectivity index (χ3n) is 3.63. The van der Waals surface area contributed by atoms with Gasteiger partial charge in [-0.15, -0.1) is 11.3 Å². The van der Waals surface area contributed by atoms with Gasteiger partial charge in [0.1, 0.15) is 4.21 Å². The Balaban J connectivity index is 2.04. The van der Waals surface area contributed by atoms with Gasteiger partial charge in [-0.3, -0.25) is 4.79 Å². The lowest BCUT2D eigenvalue weighted by molar-refractivity contribution is -0.132. The van der Waals surface area contributed by atoms with Crippen molar-refractivity contribution in [2.75, 3.05) is 6.54 Å². The van der Waals surface area contributed by atoms with Gasteiger partial charge in [0.2, 0.25) is 5.91 Å². The summed E-state index contributed by atoms with van der Waals surface area (Å²) in [5, 5.41) is 0. The standard InChI is InChI=1S/C13H18ClNO3S2/c1-2-15(10-5-3-4-6-10)12(16)9-11-7-8-13(19-11)20(14,17)18/h7-8,10H,2-6,9H2,1H3. The van der Waals surface area contributed by atoms with Gasteiger partial charge in [-0.1, -0.05) is 12.8 Å². The number of rotatable bonds is 5. The largest absolute Gasteiger partial charge is 0.340 e. The molecule has 0 radical (unpaired) electrons. The van der Waals surface area contributed by atoms with Crippen LogP contribution in [-0.2, 0) is 20.3 Å². The van der Waals surface area contributed by atoms with Crippen molar-refractivity contribution in [1.82, 2.24) is 4.90 Å². The quantitative estimate of drug-likeness (QED) is 0.777. The van der Waals surface area contributed by atoms with Crippen molar-refractivity contribution in [3.8, 4) is 0 Å². The summed E-state index contributed by atoms with van der Waals surface area (Å²) in [6.45, 7) is 2.69. The van der Waals surface area contributed by atoms with E-state index in [1.54, 1.807) is 6.07 Å². The molecule has 1 aromatic rings. The average Bonchev–Trinajstić information content (AvgIpc) is 3.00. The molecule has 0 atom stereocenters. The Labute approximate surface area is 128 Å². The highest BCUT2D eigenvalue weighted by molar-refractivity contribution is 8.15. The minimum Gasteiger partial charge on any atom is -0.340 e. The van der Waals surface area contributed by atoms with E-state index in [0.29, 0.717) is 12.6 Å². The molecule has 1 heterocycles. The Morgan fingerprint density at radius 1 is 1.40 bits per heavy atom. The monoisotopic (exact) mass is 335 g/mol. The maximum Gasteiger partial charge on any atom is 0.270 e. The van der Waals surface area contributed by atoms with E-state index < -0.39 is 9.05 Å². The Hall–Kier alpha value is -0.590.